The maximum absolute atomic E-state index is 4.27. The molecule has 0 atom stereocenters. The summed E-state index contributed by atoms with van der Waals surface area (Å²) in [5.74, 6) is 0.975. The summed E-state index contributed by atoms with van der Waals surface area (Å²) < 4.78 is 1.94. The van der Waals surface area contributed by atoms with Gasteiger partial charge in [-0.1, -0.05) is 44.2 Å². The molecule has 4 nitrogen and oxygen atoms in total. The molecule has 2 rings (SSSR count). The van der Waals surface area contributed by atoms with Gasteiger partial charge in [0.15, 0.2) is 0 Å². The number of aromatic nitrogens is 3. The highest BCUT2D eigenvalue weighted by atomic mass is 15.3. The summed E-state index contributed by atoms with van der Waals surface area (Å²) in [6.07, 6.45) is 1.61. The van der Waals surface area contributed by atoms with Crippen LogP contribution in [0.3, 0.4) is 0 Å². The molecule has 0 radical (unpaired) electrons. The Kier molecular flexibility index (Phi) is 3.88. The number of nitrogens with zero attached hydrogens (tertiary/aromatic N) is 3. The standard InChI is InChI=1S/C13H18N4/c1-11(2)14-8-13-15-10-16-17(13)9-12-6-4-3-5-7-12/h3-7,10-11,14H,8-9H2,1-2H3. The van der Waals surface area contributed by atoms with Crippen molar-refractivity contribution in [2.24, 2.45) is 0 Å². The zero-order chi connectivity index (χ0) is 12.1. The Morgan fingerprint density at radius 3 is 2.71 bits per heavy atom. The Morgan fingerprint density at radius 1 is 1.24 bits per heavy atom. The van der Waals surface area contributed by atoms with Crippen LogP contribution in [-0.2, 0) is 13.1 Å². The molecule has 1 N–H and O–H groups in total. The molecule has 0 spiro atoms. The zero-order valence-electron chi connectivity index (χ0n) is 10.3. The molecule has 0 aliphatic carbocycles. The van der Waals surface area contributed by atoms with E-state index < -0.39 is 0 Å². The Bertz CT molecular complexity index is 447. The Morgan fingerprint density at radius 2 is 2.00 bits per heavy atom. The second kappa shape index (κ2) is 5.59. The third kappa shape index (κ3) is 3.39. The fourth-order valence-electron chi connectivity index (χ4n) is 1.61. The molecule has 0 saturated heterocycles. The predicted octanol–water partition coefficient (Wildman–Crippen LogP) is 1.82. The van der Waals surface area contributed by atoms with E-state index in [4.69, 9.17) is 0 Å². The largest absolute Gasteiger partial charge is 0.308 e. The van der Waals surface area contributed by atoms with Gasteiger partial charge in [0.1, 0.15) is 12.2 Å². The average Bonchev–Trinajstić information content (AvgIpc) is 2.75. The zero-order valence-corrected chi connectivity index (χ0v) is 10.3. The van der Waals surface area contributed by atoms with Gasteiger partial charge < -0.3 is 5.32 Å². The van der Waals surface area contributed by atoms with E-state index in [1.54, 1.807) is 6.33 Å². The number of hydrogen-bond acceptors (Lipinski definition) is 3. The van der Waals surface area contributed by atoms with E-state index in [9.17, 15) is 0 Å². The van der Waals surface area contributed by atoms with Crippen LogP contribution in [-0.4, -0.2) is 20.8 Å². The molecule has 0 aliphatic rings. The SMILES string of the molecule is CC(C)NCc1ncnn1Cc1ccccc1. The highest BCUT2D eigenvalue weighted by molar-refractivity contribution is 5.15. The van der Waals surface area contributed by atoms with E-state index in [1.165, 1.54) is 5.56 Å². The highest BCUT2D eigenvalue weighted by Gasteiger charge is 2.05. The number of rotatable bonds is 5. The fourth-order valence-corrected chi connectivity index (χ4v) is 1.61. The van der Waals surface area contributed by atoms with Crippen molar-refractivity contribution in [1.82, 2.24) is 20.1 Å². The molecule has 0 unspecified atom stereocenters. The van der Waals surface area contributed by atoms with E-state index >= 15 is 0 Å². The molecule has 1 aromatic carbocycles. The Labute approximate surface area is 102 Å². The van der Waals surface area contributed by atoms with Crippen LogP contribution in [0, 0.1) is 0 Å². The third-order valence-electron chi connectivity index (χ3n) is 2.54. The summed E-state index contributed by atoms with van der Waals surface area (Å²) in [5.41, 5.74) is 1.24. The average molecular weight is 230 g/mol. The minimum Gasteiger partial charge on any atom is -0.308 e. The minimum atomic E-state index is 0.455. The first kappa shape index (κ1) is 11.8. The summed E-state index contributed by atoms with van der Waals surface area (Å²) in [6, 6.07) is 10.8. The van der Waals surface area contributed by atoms with Crippen LogP contribution in [0.15, 0.2) is 36.7 Å². The molecule has 1 heterocycles. The van der Waals surface area contributed by atoms with Crippen molar-refractivity contribution in [3.05, 3.63) is 48.0 Å². The van der Waals surface area contributed by atoms with Crippen LogP contribution < -0.4 is 5.32 Å². The predicted molar refractivity (Wildman–Crippen MR) is 67.5 cm³/mol. The topological polar surface area (TPSA) is 42.7 Å². The molecular formula is C13H18N4. The van der Waals surface area contributed by atoms with Crippen LogP contribution in [0.4, 0.5) is 0 Å². The molecule has 0 saturated carbocycles. The molecule has 90 valence electrons. The van der Waals surface area contributed by atoms with E-state index in [-0.39, 0.29) is 0 Å². The molecule has 17 heavy (non-hydrogen) atoms. The van der Waals surface area contributed by atoms with E-state index in [0.717, 1.165) is 18.9 Å². The van der Waals surface area contributed by atoms with Crippen LogP contribution in [0.1, 0.15) is 25.2 Å². The van der Waals surface area contributed by atoms with Crippen molar-refractivity contribution < 1.29 is 0 Å². The van der Waals surface area contributed by atoms with Gasteiger partial charge in [-0.3, -0.25) is 0 Å². The van der Waals surface area contributed by atoms with Crippen molar-refractivity contribution in [1.29, 1.82) is 0 Å². The van der Waals surface area contributed by atoms with Crippen LogP contribution in [0.5, 0.6) is 0 Å². The van der Waals surface area contributed by atoms with Gasteiger partial charge >= 0.3 is 0 Å². The van der Waals surface area contributed by atoms with Gasteiger partial charge in [0, 0.05) is 6.04 Å². The number of nitrogens with one attached hydrogen (secondary N) is 1. The minimum absolute atomic E-state index is 0.455. The normalized spacial score (nSPS) is 11.0. The summed E-state index contributed by atoms with van der Waals surface area (Å²) in [5, 5.41) is 7.61. The third-order valence-corrected chi connectivity index (χ3v) is 2.54. The molecule has 4 heteroatoms. The lowest BCUT2D eigenvalue weighted by atomic mass is 10.2. The van der Waals surface area contributed by atoms with Gasteiger partial charge in [-0.05, 0) is 5.56 Å². The summed E-state index contributed by atoms with van der Waals surface area (Å²) in [4.78, 5) is 4.27. The first-order chi connectivity index (χ1) is 8.25. The lowest BCUT2D eigenvalue weighted by molar-refractivity contribution is 0.539. The van der Waals surface area contributed by atoms with Crippen LogP contribution >= 0.6 is 0 Å². The molecule has 0 fully saturated rings. The van der Waals surface area contributed by atoms with E-state index in [1.807, 2.05) is 22.9 Å². The molecule has 0 aliphatic heterocycles. The lowest BCUT2D eigenvalue weighted by Crippen LogP contribution is -2.24. The first-order valence-corrected chi connectivity index (χ1v) is 5.89. The van der Waals surface area contributed by atoms with Gasteiger partial charge in [0.05, 0.1) is 13.1 Å². The fraction of sp³-hybridized carbons (Fsp3) is 0.385. The van der Waals surface area contributed by atoms with E-state index in [2.05, 4.69) is 41.4 Å². The van der Waals surface area contributed by atoms with Gasteiger partial charge in [0.25, 0.3) is 0 Å². The van der Waals surface area contributed by atoms with Gasteiger partial charge in [-0.25, -0.2) is 9.67 Å². The maximum Gasteiger partial charge on any atom is 0.141 e. The maximum atomic E-state index is 4.27. The van der Waals surface area contributed by atoms with Crippen molar-refractivity contribution in [2.75, 3.05) is 0 Å². The van der Waals surface area contributed by atoms with E-state index in [0.29, 0.717) is 6.04 Å². The van der Waals surface area contributed by atoms with Crippen molar-refractivity contribution in [3.8, 4) is 0 Å². The molecule has 1 aromatic heterocycles. The van der Waals surface area contributed by atoms with Crippen LogP contribution in [0.25, 0.3) is 0 Å². The summed E-state index contributed by atoms with van der Waals surface area (Å²) in [6.45, 7) is 5.77. The Balaban J connectivity index is 2.04. The van der Waals surface area contributed by atoms with Crippen molar-refractivity contribution >= 4 is 0 Å². The molecule has 2 aromatic rings. The van der Waals surface area contributed by atoms with Gasteiger partial charge in [0.2, 0.25) is 0 Å². The lowest BCUT2D eigenvalue weighted by Gasteiger charge is -2.09. The highest BCUT2D eigenvalue weighted by Crippen LogP contribution is 2.03. The van der Waals surface area contributed by atoms with Gasteiger partial charge in [-0.2, -0.15) is 5.10 Å². The van der Waals surface area contributed by atoms with Crippen LogP contribution in [0.2, 0.25) is 0 Å². The smallest absolute Gasteiger partial charge is 0.141 e. The molecule has 0 amide bonds. The Hall–Kier alpha value is -1.68. The number of hydrogen-bond donors (Lipinski definition) is 1. The summed E-state index contributed by atoms with van der Waals surface area (Å²) in [7, 11) is 0. The second-order valence-corrected chi connectivity index (χ2v) is 4.36. The monoisotopic (exact) mass is 230 g/mol. The first-order valence-electron chi connectivity index (χ1n) is 5.89. The van der Waals surface area contributed by atoms with Crippen molar-refractivity contribution in [2.45, 2.75) is 33.0 Å². The quantitative estimate of drug-likeness (QED) is 0.852. The summed E-state index contributed by atoms with van der Waals surface area (Å²) >= 11 is 0. The second-order valence-electron chi connectivity index (χ2n) is 4.36. The van der Waals surface area contributed by atoms with Crippen molar-refractivity contribution in [3.63, 3.8) is 0 Å². The van der Waals surface area contributed by atoms with Gasteiger partial charge in [-0.15, -0.1) is 0 Å². The number of benzene rings is 1. The molecular weight excluding hydrogens is 212 g/mol. The molecule has 0 bridgehead atoms.